The van der Waals surface area contributed by atoms with Gasteiger partial charge in [0.25, 0.3) is 0 Å². The van der Waals surface area contributed by atoms with Gasteiger partial charge in [0, 0.05) is 6.42 Å². The van der Waals surface area contributed by atoms with Crippen LogP contribution in [0.15, 0.2) is 30.3 Å². The summed E-state index contributed by atoms with van der Waals surface area (Å²) in [6.45, 7) is 2.15. The molecule has 1 nitrogen and oxygen atoms in total. The van der Waals surface area contributed by atoms with E-state index in [2.05, 4.69) is 19.1 Å². The van der Waals surface area contributed by atoms with Gasteiger partial charge < -0.3 is 4.79 Å². The number of carbonyl (C=O) groups is 1. The molecular weight excluding hydrogens is 148 g/mol. The van der Waals surface area contributed by atoms with Crippen LogP contribution in [-0.2, 0) is 4.79 Å². The minimum Gasteiger partial charge on any atom is -0.303 e. The molecule has 0 radical (unpaired) electrons. The molecule has 0 saturated heterocycles. The largest absolute Gasteiger partial charge is 0.303 e. The van der Waals surface area contributed by atoms with Crippen molar-refractivity contribution in [1.82, 2.24) is 0 Å². The Hall–Kier alpha value is -1.11. The van der Waals surface area contributed by atoms with Gasteiger partial charge in [0.15, 0.2) is 0 Å². The molecule has 12 heavy (non-hydrogen) atoms. The van der Waals surface area contributed by atoms with Gasteiger partial charge in [-0.2, -0.15) is 0 Å². The fourth-order valence-electron chi connectivity index (χ4n) is 1.27. The lowest BCUT2D eigenvalue weighted by Crippen LogP contribution is -1.92. The van der Waals surface area contributed by atoms with Crippen molar-refractivity contribution in [2.75, 3.05) is 0 Å². The molecule has 0 amide bonds. The van der Waals surface area contributed by atoms with E-state index in [1.807, 2.05) is 18.2 Å². The first kappa shape index (κ1) is 8.98. The molecule has 64 valence electrons. The SMILES string of the molecule is C[C@H](CCC=O)c1ccccc1. The third kappa shape index (κ3) is 2.50. The molecule has 0 saturated carbocycles. The van der Waals surface area contributed by atoms with Gasteiger partial charge in [-0.15, -0.1) is 0 Å². The Kier molecular flexibility index (Phi) is 3.52. The van der Waals surface area contributed by atoms with Crippen molar-refractivity contribution in [3.05, 3.63) is 35.9 Å². The Morgan fingerprint density at radius 1 is 1.33 bits per heavy atom. The van der Waals surface area contributed by atoms with Crippen molar-refractivity contribution < 1.29 is 4.79 Å². The number of rotatable bonds is 4. The molecule has 0 heterocycles. The molecule has 1 atom stereocenters. The molecule has 0 spiro atoms. The third-order valence-electron chi connectivity index (χ3n) is 2.09. The molecule has 0 unspecified atom stereocenters. The van der Waals surface area contributed by atoms with E-state index >= 15 is 0 Å². The molecule has 0 aliphatic carbocycles. The highest BCUT2D eigenvalue weighted by Gasteiger charge is 2.02. The maximum Gasteiger partial charge on any atom is 0.120 e. The van der Waals surface area contributed by atoms with Gasteiger partial charge in [0.1, 0.15) is 6.29 Å². The smallest absolute Gasteiger partial charge is 0.120 e. The standard InChI is InChI=1S/C11H14O/c1-10(6-5-9-12)11-7-3-2-4-8-11/h2-4,7-10H,5-6H2,1H3/t10-/m1/s1. The lowest BCUT2D eigenvalue weighted by molar-refractivity contribution is -0.108. The van der Waals surface area contributed by atoms with E-state index in [1.54, 1.807) is 0 Å². The van der Waals surface area contributed by atoms with Crippen molar-refractivity contribution >= 4 is 6.29 Å². The number of hydrogen-bond donors (Lipinski definition) is 0. The maximum absolute atomic E-state index is 10.1. The highest BCUT2D eigenvalue weighted by atomic mass is 16.1. The molecule has 0 N–H and O–H groups in total. The highest BCUT2D eigenvalue weighted by molar-refractivity contribution is 5.49. The number of carbonyl (C=O) groups excluding carboxylic acids is 1. The summed E-state index contributed by atoms with van der Waals surface area (Å²) < 4.78 is 0. The van der Waals surface area contributed by atoms with E-state index in [0.29, 0.717) is 12.3 Å². The predicted molar refractivity (Wildman–Crippen MR) is 50.2 cm³/mol. The van der Waals surface area contributed by atoms with Crippen molar-refractivity contribution in [1.29, 1.82) is 0 Å². The molecule has 0 aliphatic rings. The van der Waals surface area contributed by atoms with Crippen molar-refractivity contribution in [2.24, 2.45) is 0 Å². The Balaban J connectivity index is 2.53. The topological polar surface area (TPSA) is 17.1 Å². The Morgan fingerprint density at radius 3 is 2.58 bits per heavy atom. The van der Waals surface area contributed by atoms with E-state index in [-0.39, 0.29) is 0 Å². The van der Waals surface area contributed by atoms with Crippen LogP contribution in [0.1, 0.15) is 31.2 Å². The van der Waals surface area contributed by atoms with Crippen LogP contribution < -0.4 is 0 Å². The molecule has 0 aliphatic heterocycles. The molecule has 1 rings (SSSR count). The van der Waals surface area contributed by atoms with Crippen LogP contribution in [0.4, 0.5) is 0 Å². The summed E-state index contributed by atoms with van der Waals surface area (Å²) in [5, 5.41) is 0. The van der Waals surface area contributed by atoms with E-state index in [0.717, 1.165) is 12.7 Å². The average molecular weight is 162 g/mol. The lowest BCUT2D eigenvalue weighted by atomic mass is 9.97. The predicted octanol–water partition coefficient (Wildman–Crippen LogP) is 2.77. The summed E-state index contributed by atoms with van der Waals surface area (Å²) in [7, 11) is 0. The van der Waals surface area contributed by atoms with Gasteiger partial charge >= 0.3 is 0 Å². The van der Waals surface area contributed by atoms with E-state index in [4.69, 9.17) is 0 Å². The van der Waals surface area contributed by atoms with Gasteiger partial charge in [-0.1, -0.05) is 37.3 Å². The van der Waals surface area contributed by atoms with Crippen molar-refractivity contribution in [3.63, 3.8) is 0 Å². The van der Waals surface area contributed by atoms with E-state index in [1.165, 1.54) is 5.56 Å². The molecule has 0 bridgehead atoms. The Morgan fingerprint density at radius 2 is 2.00 bits per heavy atom. The molecule has 0 fully saturated rings. The summed E-state index contributed by atoms with van der Waals surface area (Å²) in [6, 6.07) is 10.3. The normalized spacial score (nSPS) is 12.4. The number of hydrogen-bond acceptors (Lipinski definition) is 1. The molecule has 1 aromatic carbocycles. The van der Waals surface area contributed by atoms with Gasteiger partial charge in [0.2, 0.25) is 0 Å². The molecule has 0 aromatic heterocycles. The van der Waals surface area contributed by atoms with Crippen LogP contribution in [-0.4, -0.2) is 6.29 Å². The number of benzene rings is 1. The summed E-state index contributed by atoms with van der Waals surface area (Å²) in [5.74, 6) is 0.497. The Labute approximate surface area is 73.4 Å². The van der Waals surface area contributed by atoms with Crippen LogP contribution in [0.3, 0.4) is 0 Å². The second-order valence-corrected chi connectivity index (χ2v) is 3.06. The van der Waals surface area contributed by atoms with Crippen LogP contribution in [0.5, 0.6) is 0 Å². The monoisotopic (exact) mass is 162 g/mol. The summed E-state index contributed by atoms with van der Waals surface area (Å²) >= 11 is 0. The summed E-state index contributed by atoms with van der Waals surface area (Å²) in [4.78, 5) is 10.1. The van der Waals surface area contributed by atoms with Crippen molar-refractivity contribution in [3.8, 4) is 0 Å². The quantitative estimate of drug-likeness (QED) is 0.622. The maximum atomic E-state index is 10.1. The lowest BCUT2D eigenvalue weighted by Gasteiger charge is -2.08. The first-order chi connectivity index (χ1) is 5.84. The fourth-order valence-corrected chi connectivity index (χ4v) is 1.27. The average Bonchev–Trinajstić information content (AvgIpc) is 2.15. The van der Waals surface area contributed by atoms with Crippen LogP contribution in [0.25, 0.3) is 0 Å². The van der Waals surface area contributed by atoms with Crippen LogP contribution >= 0.6 is 0 Å². The third-order valence-corrected chi connectivity index (χ3v) is 2.09. The first-order valence-electron chi connectivity index (χ1n) is 4.33. The van der Waals surface area contributed by atoms with Gasteiger partial charge in [-0.25, -0.2) is 0 Å². The Bertz CT molecular complexity index is 228. The fraction of sp³-hybridized carbons (Fsp3) is 0.364. The minimum atomic E-state index is 0.497. The summed E-state index contributed by atoms with van der Waals surface area (Å²) in [5.41, 5.74) is 1.32. The second-order valence-electron chi connectivity index (χ2n) is 3.06. The molecular formula is C11H14O. The van der Waals surface area contributed by atoms with Gasteiger partial charge in [-0.05, 0) is 17.9 Å². The minimum absolute atomic E-state index is 0.497. The first-order valence-corrected chi connectivity index (χ1v) is 4.33. The van der Waals surface area contributed by atoms with Crippen LogP contribution in [0.2, 0.25) is 0 Å². The van der Waals surface area contributed by atoms with E-state index in [9.17, 15) is 4.79 Å². The van der Waals surface area contributed by atoms with E-state index < -0.39 is 0 Å². The zero-order valence-corrected chi connectivity index (χ0v) is 7.36. The van der Waals surface area contributed by atoms with Gasteiger partial charge in [0.05, 0.1) is 0 Å². The highest BCUT2D eigenvalue weighted by Crippen LogP contribution is 2.18. The zero-order valence-electron chi connectivity index (χ0n) is 7.36. The second kappa shape index (κ2) is 4.70. The number of aldehydes is 1. The molecule has 1 heteroatoms. The zero-order chi connectivity index (χ0) is 8.81. The molecule has 1 aromatic rings. The summed E-state index contributed by atoms with van der Waals surface area (Å²) in [6.07, 6.45) is 2.60. The van der Waals surface area contributed by atoms with Crippen LogP contribution in [0, 0.1) is 0 Å². The van der Waals surface area contributed by atoms with Crippen molar-refractivity contribution in [2.45, 2.75) is 25.7 Å². The van der Waals surface area contributed by atoms with Gasteiger partial charge in [-0.3, -0.25) is 0 Å².